The predicted octanol–water partition coefficient (Wildman–Crippen LogP) is 4.83. The molecule has 31 heavy (non-hydrogen) atoms. The van der Waals surface area contributed by atoms with Gasteiger partial charge < -0.3 is 11.1 Å². The van der Waals surface area contributed by atoms with Crippen LogP contribution in [0.5, 0.6) is 0 Å². The summed E-state index contributed by atoms with van der Waals surface area (Å²) in [6.07, 6.45) is 5.49. The van der Waals surface area contributed by atoms with E-state index < -0.39 is 5.91 Å². The van der Waals surface area contributed by atoms with Crippen LogP contribution in [0, 0.1) is 5.92 Å². The fourth-order valence-corrected chi connectivity index (χ4v) is 5.33. The molecule has 1 aliphatic carbocycles. The third-order valence-corrected chi connectivity index (χ3v) is 7.00. The van der Waals surface area contributed by atoms with Gasteiger partial charge in [0.25, 0.3) is 5.91 Å². The van der Waals surface area contributed by atoms with Gasteiger partial charge in [0.1, 0.15) is 0 Å². The number of nitrogens with zero attached hydrogens (tertiary/aromatic N) is 1. The molecule has 3 atom stereocenters. The average molecular weight is 434 g/mol. The quantitative estimate of drug-likeness (QED) is 0.523. The highest BCUT2D eigenvalue weighted by Crippen LogP contribution is 2.38. The van der Waals surface area contributed by atoms with E-state index in [2.05, 4.69) is 48.1 Å². The number of fused-ring (bicyclic) bond motifs is 1. The fourth-order valence-electron chi connectivity index (χ4n) is 4.28. The minimum absolute atomic E-state index is 0.149. The third kappa shape index (κ3) is 5.02. The molecule has 1 unspecified atom stereocenters. The van der Waals surface area contributed by atoms with E-state index in [4.69, 9.17) is 10.7 Å². The third-order valence-electron chi connectivity index (χ3n) is 6.02. The van der Waals surface area contributed by atoms with E-state index in [1.165, 1.54) is 21.2 Å². The maximum atomic E-state index is 12.0. The van der Waals surface area contributed by atoms with Gasteiger partial charge in [0, 0.05) is 16.5 Å². The summed E-state index contributed by atoms with van der Waals surface area (Å²) in [5.41, 5.74) is 8.16. The Kier molecular flexibility index (Phi) is 6.47. The van der Waals surface area contributed by atoms with E-state index in [1.807, 2.05) is 24.3 Å². The second-order valence-corrected chi connectivity index (χ2v) is 9.11. The lowest BCUT2D eigenvalue weighted by Gasteiger charge is -2.11. The Morgan fingerprint density at radius 2 is 1.97 bits per heavy atom. The summed E-state index contributed by atoms with van der Waals surface area (Å²) >= 11 is 1.78. The molecule has 0 radical (unpaired) electrons. The van der Waals surface area contributed by atoms with Crippen molar-refractivity contribution in [1.29, 1.82) is 0 Å². The molecule has 160 valence electrons. The first kappa shape index (κ1) is 21.2. The van der Waals surface area contributed by atoms with Crippen LogP contribution in [0.2, 0.25) is 0 Å². The van der Waals surface area contributed by atoms with E-state index in [0.717, 1.165) is 19.3 Å². The van der Waals surface area contributed by atoms with Gasteiger partial charge in [0.15, 0.2) is 0 Å². The van der Waals surface area contributed by atoms with E-state index in [-0.39, 0.29) is 18.5 Å². The van der Waals surface area contributed by atoms with Crippen molar-refractivity contribution < 1.29 is 9.59 Å². The molecule has 1 aromatic heterocycles. The minimum atomic E-state index is -0.551. The van der Waals surface area contributed by atoms with Gasteiger partial charge in [-0.25, -0.2) is 0 Å². The van der Waals surface area contributed by atoms with Gasteiger partial charge in [-0.3, -0.25) is 14.6 Å². The minimum Gasteiger partial charge on any atom is -0.368 e. The van der Waals surface area contributed by atoms with Crippen LogP contribution in [0.3, 0.4) is 0 Å². The predicted molar refractivity (Wildman–Crippen MR) is 127 cm³/mol. The molecule has 4 rings (SSSR count). The summed E-state index contributed by atoms with van der Waals surface area (Å²) in [6, 6.07) is 16.3. The van der Waals surface area contributed by atoms with Crippen molar-refractivity contribution in [2.75, 3.05) is 6.54 Å². The molecule has 2 amide bonds. The summed E-state index contributed by atoms with van der Waals surface area (Å²) < 4.78 is 1.31. The highest BCUT2D eigenvalue weighted by Gasteiger charge is 2.25. The van der Waals surface area contributed by atoms with Crippen molar-refractivity contribution in [2.45, 2.75) is 38.1 Å². The number of carbonyl (C=O) groups is 2. The SMILES string of the molecule is C[C@@H](N=CC1CC[C@H](c2ccc(C(=O)NCC(N)=O)cc2)C1)c1csc2ccccc12. The Labute approximate surface area is 186 Å². The highest BCUT2D eigenvalue weighted by atomic mass is 32.1. The van der Waals surface area contributed by atoms with Crippen molar-refractivity contribution >= 4 is 39.5 Å². The second-order valence-electron chi connectivity index (χ2n) is 8.20. The molecule has 0 bridgehead atoms. The van der Waals surface area contributed by atoms with E-state index in [9.17, 15) is 9.59 Å². The van der Waals surface area contributed by atoms with Crippen LogP contribution in [0.4, 0.5) is 0 Å². The molecule has 3 aromatic rings. The summed E-state index contributed by atoms with van der Waals surface area (Å²) in [6.45, 7) is 2.02. The summed E-state index contributed by atoms with van der Waals surface area (Å²) in [7, 11) is 0. The zero-order chi connectivity index (χ0) is 21.8. The number of amides is 2. The van der Waals surface area contributed by atoms with Crippen molar-refractivity contribution in [3.63, 3.8) is 0 Å². The smallest absolute Gasteiger partial charge is 0.251 e. The molecule has 1 aliphatic rings. The monoisotopic (exact) mass is 433 g/mol. The van der Waals surface area contributed by atoms with Crippen LogP contribution >= 0.6 is 11.3 Å². The Hall–Kier alpha value is -2.99. The number of rotatable bonds is 7. The summed E-state index contributed by atoms with van der Waals surface area (Å²) in [5.74, 6) is 0.134. The van der Waals surface area contributed by atoms with Gasteiger partial charge in [-0.2, -0.15) is 0 Å². The molecule has 6 heteroatoms. The molecule has 1 heterocycles. The van der Waals surface area contributed by atoms with Crippen LogP contribution in [0.1, 0.15) is 59.6 Å². The average Bonchev–Trinajstić information content (AvgIpc) is 3.43. The first-order valence-electron chi connectivity index (χ1n) is 10.7. The number of thiophene rings is 1. The molecule has 0 saturated heterocycles. The molecule has 5 nitrogen and oxygen atoms in total. The number of carbonyl (C=O) groups excluding carboxylic acids is 2. The number of nitrogens with two attached hydrogens (primary N) is 1. The number of primary amides is 1. The van der Waals surface area contributed by atoms with Crippen LogP contribution in [-0.4, -0.2) is 24.6 Å². The van der Waals surface area contributed by atoms with Crippen molar-refractivity contribution in [3.05, 3.63) is 70.6 Å². The Morgan fingerprint density at radius 1 is 1.19 bits per heavy atom. The highest BCUT2D eigenvalue weighted by molar-refractivity contribution is 7.17. The molecular weight excluding hydrogens is 406 g/mol. The van der Waals surface area contributed by atoms with Gasteiger partial charge in [0.2, 0.25) is 5.91 Å². The van der Waals surface area contributed by atoms with E-state index in [0.29, 0.717) is 17.4 Å². The Bertz CT molecular complexity index is 1100. The van der Waals surface area contributed by atoms with Gasteiger partial charge in [-0.1, -0.05) is 30.3 Å². The zero-order valence-electron chi connectivity index (χ0n) is 17.6. The van der Waals surface area contributed by atoms with Gasteiger partial charge in [-0.05, 0) is 78.1 Å². The van der Waals surface area contributed by atoms with Crippen molar-refractivity contribution in [2.24, 2.45) is 16.6 Å². The maximum Gasteiger partial charge on any atom is 0.251 e. The molecule has 2 aromatic carbocycles. The van der Waals surface area contributed by atoms with Gasteiger partial charge >= 0.3 is 0 Å². The van der Waals surface area contributed by atoms with Crippen molar-refractivity contribution in [1.82, 2.24) is 5.32 Å². The maximum absolute atomic E-state index is 12.0. The fraction of sp³-hybridized carbons (Fsp3) is 0.320. The van der Waals surface area contributed by atoms with E-state index in [1.54, 1.807) is 11.3 Å². The second kappa shape index (κ2) is 9.43. The molecule has 0 spiro atoms. The molecule has 0 aliphatic heterocycles. The molecule has 1 fully saturated rings. The zero-order valence-corrected chi connectivity index (χ0v) is 18.4. The van der Waals surface area contributed by atoms with Crippen LogP contribution in [0.15, 0.2) is 58.9 Å². The number of aliphatic imine (C=N–C) groups is 1. The number of hydrogen-bond acceptors (Lipinski definition) is 4. The Morgan fingerprint density at radius 3 is 2.74 bits per heavy atom. The first-order chi connectivity index (χ1) is 15.0. The number of hydrogen-bond donors (Lipinski definition) is 2. The van der Waals surface area contributed by atoms with Crippen molar-refractivity contribution in [3.8, 4) is 0 Å². The van der Waals surface area contributed by atoms with Crippen LogP contribution in [-0.2, 0) is 4.79 Å². The topological polar surface area (TPSA) is 84.6 Å². The lowest BCUT2D eigenvalue weighted by atomic mass is 9.95. The summed E-state index contributed by atoms with van der Waals surface area (Å²) in [4.78, 5) is 27.7. The summed E-state index contributed by atoms with van der Waals surface area (Å²) in [5, 5.41) is 6.05. The molecular formula is C25H27N3O2S. The number of nitrogens with one attached hydrogen (secondary N) is 1. The lowest BCUT2D eigenvalue weighted by molar-refractivity contribution is -0.117. The van der Waals surface area contributed by atoms with E-state index >= 15 is 0 Å². The van der Waals surface area contributed by atoms with Gasteiger partial charge in [0.05, 0.1) is 12.6 Å². The van der Waals surface area contributed by atoms with Gasteiger partial charge in [-0.15, -0.1) is 11.3 Å². The van der Waals surface area contributed by atoms with Crippen LogP contribution < -0.4 is 11.1 Å². The first-order valence-corrected chi connectivity index (χ1v) is 11.5. The largest absolute Gasteiger partial charge is 0.368 e. The van der Waals surface area contributed by atoms with Crippen LogP contribution in [0.25, 0.3) is 10.1 Å². The number of benzene rings is 2. The normalized spacial score (nSPS) is 19.6. The standard InChI is InChI=1S/C25H27N3O2S/c1-16(22-15-31-23-5-3-2-4-21(22)23)27-13-17-6-7-20(12-17)18-8-10-19(11-9-18)25(30)28-14-24(26)29/h2-5,8-11,13,15-17,20H,6-7,12,14H2,1H3,(H2,26,29)(H,28,30)/t16-,17?,20+/m1/s1. The molecule has 3 N–H and O–H groups in total. The Balaban J connectivity index is 1.35. The lowest BCUT2D eigenvalue weighted by Crippen LogP contribution is -2.33. The molecule has 1 saturated carbocycles.